The first-order chi connectivity index (χ1) is 5.27. The molecule has 0 aliphatic carbocycles. The summed E-state index contributed by atoms with van der Waals surface area (Å²) in [5.74, 6) is 0. The Labute approximate surface area is 70.2 Å². The summed E-state index contributed by atoms with van der Waals surface area (Å²) in [6, 6.07) is 0. The lowest BCUT2D eigenvalue weighted by Crippen LogP contribution is -2.50. The fourth-order valence-electron chi connectivity index (χ4n) is 1.88. The molecule has 0 radical (unpaired) electrons. The standard InChI is InChI=1S/C9H21N2/c1-10-6-9-11(2)7-4-3-5-8-11/h10H,3-9H2,1-2H3/q+1. The number of nitrogens with zero attached hydrogens (tertiary/aromatic N) is 1. The highest BCUT2D eigenvalue weighted by Crippen LogP contribution is 2.14. The Morgan fingerprint density at radius 3 is 2.36 bits per heavy atom. The predicted octanol–water partition coefficient (Wildman–Crippen LogP) is 0.836. The van der Waals surface area contributed by atoms with Gasteiger partial charge in [0.05, 0.1) is 26.7 Å². The van der Waals surface area contributed by atoms with Crippen LogP contribution in [0.3, 0.4) is 0 Å². The van der Waals surface area contributed by atoms with Crippen LogP contribution in [-0.2, 0) is 0 Å². The maximum atomic E-state index is 3.22. The van der Waals surface area contributed by atoms with Crippen LogP contribution >= 0.6 is 0 Å². The van der Waals surface area contributed by atoms with Gasteiger partial charge in [0, 0.05) is 6.54 Å². The first kappa shape index (κ1) is 9.01. The monoisotopic (exact) mass is 157 g/mol. The summed E-state index contributed by atoms with van der Waals surface area (Å²) in [4.78, 5) is 0. The molecule has 1 fully saturated rings. The van der Waals surface area contributed by atoms with Crippen LogP contribution in [0.4, 0.5) is 0 Å². The first-order valence-electron chi connectivity index (χ1n) is 4.75. The summed E-state index contributed by atoms with van der Waals surface area (Å²) >= 11 is 0. The molecule has 2 nitrogen and oxygen atoms in total. The number of likely N-dealkylation sites (tertiary alicyclic amines) is 1. The Morgan fingerprint density at radius 2 is 1.82 bits per heavy atom. The van der Waals surface area contributed by atoms with Crippen molar-refractivity contribution in [2.24, 2.45) is 0 Å². The highest BCUT2D eigenvalue weighted by atomic mass is 15.3. The van der Waals surface area contributed by atoms with E-state index in [-0.39, 0.29) is 0 Å². The SMILES string of the molecule is CNCC[N+]1(C)CCCCC1. The molecule has 0 bridgehead atoms. The number of piperidine rings is 1. The maximum absolute atomic E-state index is 3.22. The van der Waals surface area contributed by atoms with Gasteiger partial charge in [-0.3, -0.25) is 0 Å². The Kier molecular flexibility index (Phi) is 3.34. The van der Waals surface area contributed by atoms with E-state index in [1.807, 2.05) is 7.05 Å². The average Bonchev–Trinajstić information content (AvgIpc) is 2.03. The zero-order chi connectivity index (χ0) is 8.16. The lowest BCUT2D eigenvalue weighted by molar-refractivity contribution is -0.912. The molecule has 0 aromatic rings. The lowest BCUT2D eigenvalue weighted by Gasteiger charge is -2.37. The number of nitrogens with one attached hydrogen (secondary N) is 1. The quantitative estimate of drug-likeness (QED) is 0.599. The molecular weight excluding hydrogens is 136 g/mol. The van der Waals surface area contributed by atoms with Crippen molar-refractivity contribution in [3.63, 3.8) is 0 Å². The summed E-state index contributed by atoms with van der Waals surface area (Å²) in [7, 11) is 4.42. The lowest BCUT2D eigenvalue weighted by atomic mass is 10.1. The van der Waals surface area contributed by atoms with Crippen molar-refractivity contribution in [3.05, 3.63) is 0 Å². The van der Waals surface area contributed by atoms with Gasteiger partial charge in [-0.15, -0.1) is 0 Å². The van der Waals surface area contributed by atoms with Gasteiger partial charge in [-0.25, -0.2) is 0 Å². The van der Waals surface area contributed by atoms with Crippen LogP contribution in [0.1, 0.15) is 19.3 Å². The minimum absolute atomic E-state index is 1.16. The molecule has 1 aliphatic rings. The molecule has 1 N–H and O–H groups in total. The Hall–Kier alpha value is -0.0800. The minimum Gasteiger partial charge on any atom is -0.325 e. The van der Waals surface area contributed by atoms with Crippen LogP contribution in [0.5, 0.6) is 0 Å². The number of hydrogen-bond donors (Lipinski definition) is 1. The molecule has 0 spiro atoms. The fraction of sp³-hybridized carbons (Fsp3) is 1.00. The molecule has 0 unspecified atom stereocenters. The third kappa shape index (κ3) is 2.80. The molecular formula is C9H21N2+. The smallest absolute Gasteiger partial charge is 0.0911 e. The van der Waals surface area contributed by atoms with Crippen molar-refractivity contribution in [1.29, 1.82) is 0 Å². The van der Waals surface area contributed by atoms with E-state index in [2.05, 4.69) is 12.4 Å². The van der Waals surface area contributed by atoms with Gasteiger partial charge in [0.1, 0.15) is 0 Å². The molecule has 0 aromatic carbocycles. The fourth-order valence-corrected chi connectivity index (χ4v) is 1.88. The topological polar surface area (TPSA) is 12.0 Å². The molecule has 0 atom stereocenters. The van der Waals surface area contributed by atoms with Gasteiger partial charge in [-0.2, -0.15) is 0 Å². The second-order valence-corrected chi connectivity index (χ2v) is 3.95. The largest absolute Gasteiger partial charge is 0.325 e. The van der Waals surface area contributed by atoms with E-state index in [1.54, 1.807) is 0 Å². The summed E-state index contributed by atoms with van der Waals surface area (Å²) in [6.07, 6.45) is 4.31. The van der Waals surface area contributed by atoms with Crippen LogP contribution in [0.2, 0.25) is 0 Å². The third-order valence-electron chi connectivity index (χ3n) is 2.80. The first-order valence-corrected chi connectivity index (χ1v) is 4.75. The Morgan fingerprint density at radius 1 is 1.18 bits per heavy atom. The van der Waals surface area contributed by atoms with E-state index in [4.69, 9.17) is 0 Å². The van der Waals surface area contributed by atoms with Gasteiger partial charge in [0.15, 0.2) is 0 Å². The number of rotatable bonds is 3. The molecule has 0 saturated carbocycles. The van der Waals surface area contributed by atoms with Crippen molar-refractivity contribution < 1.29 is 4.48 Å². The molecule has 1 rings (SSSR count). The Balaban J connectivity index is 2.25. The van der Waals surface area contributed by atoms with Crippen molar-refractivity contribution in [2.75, 3.05) is 40.3 Å². The highest BCUT2D eigenvalue weighted by Gasteiger charge is 2.23. The van der Waals surface area contributed by atoms with Gasteiger partial charge in [0.2, 0.25) is 0 Å². The van der Waals surface area contributed by atoms with Gasteiger partial charge in [-0.1, -0.05) is 0 Å². The van der Waals surface area contributed by atoms with Crippen LogP contribution in [0.15, 0.2) is 0 Å². The molecule has 2 heteroatoms. The molecule has 0 aromatic heterocycles. The second kappa shape index (κ2) is 4.07. The van der Waals surface area contributed by atoms with Gasteiger partial charge in [-0.05, 0) is 26.3 Å². The summed E-state index contributed by atoms with van der Waals surface area (Å²) in [5, 5.41) is 3.22. The van der Waals surface area contributed by atoms with Crippen molar-refractivity contribution >= 4 is 0 Å². The van der Waals surface area contributed by atoms with Gasteiger partial charge < -0.3 is 9.80 Å². The Bertz CT molecular complexity index is 106. The van der Waals surface area contributed by atoms with Crippen molar-refractivity contribution in [3.8, 4) is 0 Å². The molecule has 1 saturated heterocycles. The predicted molar refractivity (Wildman–Crippen MR) is 48.6 cm³/mol. The van der Waals surface area contributed by atoms with Gasteiger partial charge >= 0.3 is 0 Å². The van der Waals surface area contributed by atoms with Crippen molar-refractivity contribution in [2.45, 2.75) is 19.3 Å². The van der Waals surface area contributed by atoms with Crippen molar-refractivity contribution in [1.82, 2.24) is 5.32 Å². The van der Waals surface area contributed by atoms with Crippen LogP contribution in [0.25, 0.3) is 0 Å². The minimum atomic E-state index is 1.16. The van der Waals surface area contributed by atoms with Gasteiger partial charge in [0.25, 0.3) is 0 Å². The maximum Gasteiger partial charge on any atom is 0.0911 e. The summed E-state index contributed by atoms with van der Waals surface area (Å²) in [5.41, 5.74) is 0. The average molecular weight is 157 g/mol. The number of hydrogen-bond acceptors (Lipinski definition) is 1. The number of likely N-dealkylation sites (N-methyl/N-ethyl adjacent to an activating group) is 2. The zero-order valence-corrected chi connectivity index (χ0v) is 7.90. The highest BCUT2D eigenvalue weighted by molar-refractivity contribution is 4.52. The summed E-state index contributed by atoms with van der Waals surface area (Å²) in [6.45, 7) is 5.25. The van der Waals surface area contributed by atoms with E-state index in [1.165, 1.54) is 43.4 Å². The van der Waals surface area contributed by atoms with E-state index >= 15 is 0 Å². The van der Waals surface area contributed by atoms with Crippen LogP contribution in [-0.4, -0.2) is 44.8 Å². The second-order valence-electron chi connectivity index (χ2n) is 3.95. The normalized spacial score (nSPS) is 23.5. The summed E-state index contributed by atoms with van der Waals surface area (Å²) < 4.78 is 1.29. The van der Waals surface area contributed by atoms with E-state index in [0.717, 1.165) is 6.54 Å². The zero-order valence-electron chi connectivity index (χ0n) is 7.90. The molecule has 0 amide bonds. The third-order valence-corrected chi connectivity index (χ3v) is 2.80. The molecule has 66 valence electrons. The number of quaternary nitrogens is 1. The molecule has 11 heavy (non-hydrogen) atoms. The van der Waals surface area contributed by atoms with E-state index in [0.29, 0.717) is 0 Å². The van der Waals surface area contributed by atoms with Crippen LogP contribution in [0, 0.1) is 0 Å². The van der Waals surface area contributed by atoms with E-state index < -0.39 is 0 Å². The van der Waals surface area contributed by atoms with Crippen LogP contribution < -0.4 is 5.32 Å². The van der Waals surface area contributed by atoms with E-state index in [9.17, 15) is 0 Å². The molecule has 1 heterocycles. The molecule has 1 aliphatic heterocycles.